The predicted molar refractivity (Wildman–Crippen MR) is 81.4 cm³/mol. The van der Waals surface area contributed by atoms with Gasteiger partial charge in [0.1, 0.15) is 11.8 Å². The molecule has 0 aliphatic heterocycles. The molecular formula is C15H14ClN3O. The van der Waals surface area contributed by atoms with Crippen molar-refractivity contribution in [1.82, 2.24) is 0 Å². The van der Waals surface area contributed by atoms with Crippen LogP contribution in [0.2, 0.25) is 5.02 Å². The third kappa shape index (κ3) is 2.95. The number of rotatable bonds is 3. The minimum atomic E-state index is 0.354. The van der Waals surface area contributed by atoms with Crippen LogP contribution in [0, 0.1) is 11.3 Å². The number of nitriles is 1. The number of anilines is 2. The zero-order valence-corrected chi connectivity index (χ0v) is 12.0. The third-order valence-corrected chi connectivity index (χ3v) is 3.12. The standard InChI is InChI=1S/C15H14ClN3O/c1-19(2)11-4-6-14(18)15(7-11)20-12-5-3-10(9-17)13(16)8-12/h3-8H,18H2,1-2H3. The molecule has 20 heavy (non-hydrogen) atoms. The van der Waals surface area contributed by atoms with Gasteiger partial charge in [-0.2, -0.15) is 5.26 Å². The normalized spacial score (nSPS) is 9.90. The molecule has 0 saturated heterocycles. The van der Waals surface area contributed by atoms with Gasteiger partial charge in [-0.3, -0.25) is 0 Å². The second-order valence-corrected chi connectivity index (χ2v) is 4.88. The van der Waals surface area contributed by atoms with Gasteiger partial charge >= 0.3 is 0 Å². The van der Waals surface area contributed by atoms with Gasteiger partial charge in [-0.15, -0.1) is 0 Å². The highest BCUT2D eigenvalue weighted by Crippen LogP contribution is 2.32. The van der Waals surface area contributed by atoms with Crippen molar-refractivity contribution in [2.45, 2.75) is 0 Å². The van der Waals surface area contributed by atoms with Crippen LogP contribution in [-0.2, 0) is 0 Å². The first-order valence-electron chi connectivity index (χ1n) is 5.95. The molecule has 5 heteroatoms. The third-order valence-electron chi connectivity index (χ3n) is 2.80. The molecule has 0 bridgehead atoms. The molecule has 0 fully saturated rings. The fourth-order valence-electron chi connectivity index (χ4n) is 1.67. The van der Waals surface area contributed by atoms with Crippen LogP contribution in [0.1, 0.15) is 5.56 Å². The van der Waals surface area contributed by atoms with Crippen LogP contribution in [0.5, 0.6) is 11.5 Å². The van der Waals surface area contributed by atoms with Crippen molar-refractivity contribution in [2.75, 3.05) is 24.7 Å². The average molecular weight is 288 g/mol. The maximum atomic E-state index is 8.84. The van der Waals surface area contributed by atoms with Crippen molar-refractivity contribution in [2.24, 2.45) is 0 Å². The highest BCUT2D eigenvalue weighted by atomic mass is 35.5. The molecule has 2 rings (SSSR count). The van der Waals surface area contributed by atoms with E-state index >= 15 is 0 Å². The summed E-state index contributed by atoms with van der Waals surface area (Å²) in [5.41, 5.74) is 7.83. The monoisotopic (exact) mass is 287 g/mol. The van der Waals surface area contributed by atoms with Crippen LogP contribution in [0.25, 0.3) is 0 Å². The van der Waals surface area contributed by atoms with E-state index in [0.717, 1.165) is 5.69 Å². The van der Waals surface area contributed by atoms with Crippen molar-refractivity contribution in [3.63, 3.8) is 0 Å². The molecule has 4 nitrogen and oxygen atoms in total. The predicted octanol–water partition coefficient (Wildman–Crippen LogP) is 3.65. The second kappa shape index (κ2) is 5.72. The summed E-state index contributed by atoms with van der Waals surface area (Å²) in [5.74, 6) is 1.09. The molecule has 0 unspecified atom stereocenters. The molecule has 0 radical (unpaired) electrons. The summed E-state index contributed by atoms with van der Waals surface area (Å²) in [4.78, 5) is 1.96. The van der Waals surface area contributed by atoms with Gasteiger partial charge in [0.05, 0.1) is 16.3 Å². The largest absolute Gasteiger partial charge is 0.455 e. The van der Waals surface area contributed by atoms with Gasteiger partial charge in [-0.1, -0.05) is 11.6 Å². The lowest BCUT2D eigenvalue weighted by Gasteiger charge is -2.15. The first-order valence-corrected chi connectivity index (χ1v) is 6.33. The van der Waals surface area contributed by atoms with Crippen molar-refractivity contribution < 1.29 is 4.74 Å². The molecule has 102 valence electrons. The molecule has 0 saturated carbocycles. The van der Waals surface area contributed by atoms with Gasteiger partial charge in [-0.25, -0.2) is 0 Å². The molecule has 0 aliphatic rings. The lowest BCUT2D eigenvalue weighted by Crippen LogP contribution is -2.08. The summed E-state index contributed by atoms with van der Waals surface area (Å²) in [5, 5.41) is 9.19. The molecule has 0 aliphatic carbocycles. The molecule has 2 aromatic carbocycles. The Kier molecular flexibility index (Phi) is 4.02. The number of halogens is 1. The first-order chi connectivity index (χ1) is 9.51. The molecule has 0 aromatic heterocycles. The molecular weight excluding hydrogens is 274 g/mol. The summed E-state index contributed by atoms with van der Waals surface area (Å²) < 4.78 is 5.73. The minimum Gasteiger partial charge on any atom is -0.455 e. The summed E-state index contributed by atoms with van der Waals surface area (Å²) in [6.45, 7) is 0. The summed E-state index contributed by atoms with van der Waals surface area (Å²) >= 11 is 5.98. The SMILES string of the molecule is CN(C)c1ccc(N)c(Oc2ccc(C#N)c(Cl)c2)c1. The minimum absolute atomic E-state index is 0.354. The van der Waals surface area contributed by atoms with E-state index in [1.54, 1.807) is 24.3 Å². The number of nitrogen functional groups attached to an aromatic ring is 1. The van der Waals surface area contributed by atoms with Crippen LogP contribution >= 0.6 is 11.6 Å². The molecule has 0 amide bonds. The van der Waals surface area contributed by atoms with Crippen molar-refractivity contribution >= 4 is 23.0 Å². The Labute approximate surface area is 122 Å². The van der Waals surface area contributed by atoms with Crippen LogP contribution < -0.4 is 15.4 Å². The number of benzene rings is 2. The summed E-state index contributed by atoms with van der Waals surface area (Å²) in [7, 11) is 3.88. The number of nitrogens with zero attached hydrogens (tertiary/aromatic N) is 2. The number of nitrogens with two attached hydrogens (primary N) is 1. The first kappa shape index (κ1) is 14.0. The highest BCUT2D eigenvalue weighted by molar-refractivity contribution is 6.31. The van der Waals surface area contributed by atoms with Crippen molar-refractivity contribution in [1.29, 1.82) is 5.26 Å². The van der Waals surface area contributed by atoms with Crippen LogP contribution in [-0.4, -0.2) is 14.1 Å². The molecule has 0 heterocycles. The van der Waals surface area contributed by atoms with Gasteiger partial charge in [-0.05, 0) is 24.3 Å². The molecule has 2 N–H and O–H groups in total. The lowest BCUT2D eigenvalue weighted by atomic mass is 10.2. The van der Waals surface area contributed by atoms with Crippen LogP contribution in [0.3, 0.4) is 0 Å². The maximum Gasteiger partial charge on any atom is 0.152 e. The zero-order valence-electron chi connectivity index (χ0n) is 11.2. The van der Waals surface area contributed by atoms with E-state index in [1.807, 2.05) is 37.2 Å². The van der Waals surface area contributed by atoms with E-state index in [9.17, 15) is 0 Å². The van der Waals surface area contributed by atoms with Gasteiger partial charge in [0, 0.05) is 31.9 Å². The van der Waals surface area contributed by atoms with Gasteiger partial charge < -0.3 is 15.4 Å². The Morgan fingerprint density at radius 2 is 1.95 bits per heavy atom. The fourth-order valence-corrected chi connectivity index (χ4v) is 1.88. The van der Waals surface area contributed by atoms with E-state index in [1.165, 1.54) is 0 Å². The Hall–Kier alpha value is -2.38. The molecule has 0 atom stereocenters. The number of hydrogen-bond donors (Lipinski definition) is 1. The number of hydrogen-bond acceptors (Lipinski definition) is 4. The zero-order chi connectivity index (χ0) is 14.7. The Balaban J connectivity index is 2.32. The fraction of sp³-hybridized carbons (Fsp3) is 0.133. The molecule has 2 aromatic rings. The Morgan fingerprint density at radius 1 is 1.20 bits per heavy atom. The summed E-state index contributed by atoms with van der Waals surface area (Å²) in [6.07, 6.45) is 0. The quantitative estimate of drug-likeness (QED) is 0.875. The smallest absolute Gasteiger partial charge is 0.152 e. The highest BCUT2D eigenvalue weighted by Gasteiger charge is 2.07. The van der Waals surface area contributed by atoms with E-state index in [2.05, 4.69) is 0 Å². The van der Waals surface area contributed by atoms with E-state index in [4.69, 9.17) is 27.3 Å². The van der Waals surface area contributed by atoms with E-state index in [0.29, 0.717) is 27.8 Å². The Bertz CT molecular complexity index is 677. The van der Waals surface area contributed by atoms with Crippen molar-refractivity contribution in [3.8, 4) is 17.6 Å². The number of ether oxygens (including phenoxy) is 1. The van der Waals surface area contributed by atoms with Gasteiger partial charge in [0.15, 0.2) is 5.75 Å². The van der Waals surface area contributed by atoms with Gasteiger partial charge in [0.2, 0.25) is 0 Å². The van der Waals surface area contributed by atoms with E-state index < -0.39 is 0 Å². The van der Waals surface area contributed by atoms with Gasteiger partial charge in [0.25, 0.3) is 0 Å². The van der Waals surface area contributed by atoms with E-state index in [-0.39, 0.29) is 0 Å². The Morgan fingerprint density at radius 3 is 2.55 bits per heavy atom. The van der Waals surface area contributed by atoms with Crippen molar-refractivity contribution in [3.05, 3.63) is 47.0 Å². The van der Waals surface area contributed by atoms with Crippen LogP contribution in [0.15, 0.2) is 36.4 Å². The van der Waals surface area contributed by atoms with Crippen LogP contribution in [0.4, 0.5) is 11.4 Å². The average Bonchev–Trinajstić information content (AvgIpc) is 2.41. The second-order valence-electron chi connectivity index (χ2n) is 4.47. The lowest BCUT2D eigenvalue weighted by molar-refractivity contribution is 0.485. The summed E-state index contributed by atoms with van der Waals surface area (Å²) in [6, 6.07) is 12.5. The maximum absolute atomic E-state index is 8.84. The topological polar surface area (TPSA) is 62.3 Å². The molecule has 0 spiro atoms.